The molecule has 1 rings (SSSR count). The van der Waals surface area contributed by atoms with Gasteiger partial charge in [0.2, 0.25) is 0 Å². The summed E-state index contributed by atoms with van der Waals surface area (Å²) in [6.07, 6.45) is 1.73. The summed E-state index contributed by atoms with van der Waals surface area (Å²) in [4.78, 5) is 0. The van der Waals surface area contributed by atoms with Crippen LogP contribution in [0.5, 0.6) is 0 Å². The fraction of sp³-hybridized carbons (Fsp3) is 0.778. The fourth-order valence-electron chi connectivity index (χ4n) is 1.27. The molecule has 4 nitrogen and oxygen atoms in total. The van der Waals surface area contributed by atoms with Crippen LogP contribution < -0.4 is 5.32 Å². The zero-order valence-corrected chi connectivity index (χ0v) is 9.84. The van der Waals surface area contributed by atoms with Gasteiger partial charge in [0, 0.05) is 19.3 Å². The smallest absolute Gasteiger partial charge is 0.149 e. The second kappa shape index (κ2) is 6.03. The first kappa shape index (κ1) is 11.5. The van der Waals surface area contributed by atoms with E-state index >= 15 is 0 Å². The van der Waals surface area contributed by atoms with Crippen LogP contribution >= 0.6 is 11.8 Å². The lowest BCUT2D eigenvalue weighted by Crippen LogP contribution is -2.23. The van der Waals surface area contributed by atoms with Crippen molar-refractivity contribution < 1.29 is 0 Å². The van der Waals surface area contributed by atoms with Crippen molar-refractivity contribution in [3.05, 3.63) is 12.2 Å². The normalized spacial score (nSPS) is 13.1. The highest BCUT2D eigenvalue weighted by Crippen LogP contribution is 2.06. The standard InChI is InChI=1S/C9H18N4S/c1-4-14-6-5-10-8(2)9-12-11-7-13(9)3/h7-8,10H,4-6H2,1-3H3. The number of hydrogen-bond donors (Lipinski definition) is 1. The van der Waals surface area contributed by atoms with Gasteiger partial charge in [-0.1, -0.05) is 6.92 Å². The van der Waals surface area contributed by atoms with E-state index in [1.807, 2.05) is 23.4 Å². The summed E-state index contributed by atoms with van der Waals surface area (Å²) in [5.74, 6) is 3.32. The number of aryl methyl sites for hydroxylation is 1. The first-order valence-electron chi connectivity index (χ1n) is 4.90. The molecule has 0 bridgehead atoms. The quantitative estimate of drug-likeness (QED) is 0.723. The van der Waals surface area contributed by atoms with E-state index in [1.54, 1.807) is 6.33 Å². The topological polar surface area (TPSA) is 42.7 Å². The van der Waals surface area contributed by atoms with Gasteiger partial charge in [0.25, 0.3) is 0 Å². The third-order valence-electron chi connectivity index (χ3n) is 2.03. The fourth-order valence-corrected chi connectivity index (χ4v) is 1.82. The minimum absolute atomic E-state index is 0.278. The van der Waals surface area contributed by atoms with Crippen LogP contribution in [-0.2, 0) is 7.05 Å². The third-order valence-corrected chi connectivity index (χ3v) is 2.94. The second-order valence-corrected chi connectivity index (χ2v) is 4.57. The van der Waals surface area contributed by atoms with Crippen molar-refractivity contribution >= 4 is 11.8 Å². The number of nitrogens with zero attached hydrogens (tertiary/aromatic N) is 3. The van der Waals surface area contributed by atoms with E-state index in [2.05, 4.69) is 29.4 Å². The molecule has 1 aromatic rings. The maximum absolute atomic E-state index is 4.06. The van der Waals surface area contributed by atoms with Crippen molar-refractivity contribution in [1.29, 1.82) is 0 Å². The maximum atomic E-state index is 4.06. The molecule has 0 amide bonds. The van der Waals surface area contributed by atoms with Crippen LogP contribution in [0, 0.1) is 0 Å². The zero-order chi connectivity index (χ0) is 10.4. The van der Waals surface area contributed by atoms with Gasteiger partial charge in [-0.15, -0.1) is 10.2 Å². The Morgan fingerprint density at radius 1 is 1.64 bits per heavy atom. The Morgan fingerprint density at radius 3 is 3.00 bits per heavy atom. The Labute approximate surface area is 89.5 Å². The number of nitrogens with one attached hydrogen (secondary N) is 1. The van der Waals surface area contributed by atoms with E-state index in [4.69, 9.17) is 0 Å². The SMILES string of the molecule is CCSCCNC(C)c1nncn1C. The lowest BCUT2D eigenvalue weighted by molar-refractivity contribution is 0.548. The Balaban J connectivity index is 2.28. The molecule has 0 radical (unpaired) electrons. The van der Waals surface area contributed by atoms with E-state index in [9.17, 15) is 0 Å². The molecule has 1 N–H and O–H groups in total. The summed E-state index contributed by atoms with van der Waals surface area (Å²) in [6.45, 7) is 5.31. The van der Waals surface area contributed by atoms with Crippen molar-refractivity contribution in [2.24, 2.45) is 7.05 Å². The number of aromatic nitrogens is 3. The Kier molecular flexibility index (Phi) is 4.97. The molecule has 80 valence electrons. The molecule has 0 spiro atoms. The van der Waals surface area contributed by atoms with Gasteiger partial charge in [-0.05, 0) is 12.7 Å². The molecule has 14 heavy (non-hydrogen) atoms. The highest BCUT2D eigenvalue weighted by atomic mass is 32.2. The Morgan fingerprint density at radius 2 is 2.43 bits per heavy atom. The first-order valence-corrected chi connectivity index (χ1v) is 6.06. The molecule has 1 aromatic heterocycles. The molecule has 1 unspecified atom stereocenters. The summed E-state index contributed by atoms with van der Waals surface area (Å²) in [5.41, 5.74) is 0. The van der Waals surface area contributed by atoms with Crippen molar-refractivity contribution in [2.75, 3.05) is 18.1 Å². The van der Waals surface area contributed by atoms with Crippen LogP contribution in [0.1, 0.15) is 25.7 Å². The van der Waals surface area contributed by atoms with Gasteiger partial charge in [-0.3, -0.25) is 0 Å². The van der Waals surface area contributed by atoms with Gasteiger partial charge in [-0.25, -0.2) is 0 Å². The molecule has 0 fully saturated rings. The van der Waals surface area contributed by atoms with Gasteiger partial charge in [0.05, 0.1) is 6.04 Å². The molecular weight excluding hydrogens is 196 g/mol. The highest BCUT2D eigenvalue weighted by Gasteiger charge is 2.09. The van der Waals surface area contributed by atoms with Crippen LogP contribution in [0.15, 0.2) is 6.33 Å². The lowest BCUT2D eigenvalue weighted by Gasteiger charge is -2.12. The molecular formula is C9H18N4S. The van der Waals surface area contributed by atoms with Gasteiger partial charge in [0.15, 0.2) is 0 Å². The largest absolute Gasteiger partial charge is 0.319 e. The van der Waals surface area contributed by atoms with Gasteiger partial charge in [-0.2, -0.15) is 11.8 Å². The molecule has 0 saturated heterocycles. The minimum atomic E-state index is 0.278. The van der Waals surface area contributed by atoms with Gasteiger partial charge < -0.3 is 9.88 Å². The van der Waals surface area contributed by atoms with E-state index in [-0.39, 0.29) is 6.04 Å². The summed E-state index contributed by atoms with van der Waals surface area (Å²) >= 11 is 1.95. The summed E-state index contributed by atoms with van der Waals surface area (Å²) in [7, 11) is 1.97. The number of rotatable bonds is 6. The zero-order valence-electron chi connectivity index (χ0n) is 9.03. The number of thioether (sulfide) groups is 1. The molecule has 0 saturated carbocycles. The summed E-state index contributed by atoms with van der Waals surface area (Å²) < 4.78 is 1.95. The second-order valence-electron chi connectivity index (χ2n) is 3.17. The summed E-state index contributed by atoms with van der Waals surface area (Å²) in [6, 6.07) is 0.278. The molecule has 0 aliphatic carbocycles. The Hall–Kier alpha value is -0.550. The lowest BCUT2D eigenvalue weighted by atomic mass is 10.3. The predicted octanol–water partition coefficient (Wildman–Crippen LogP) is 1.22. The van der Waals surface area contributed by atoms with E-state index in [0.29, 0.717) is 0 Å². The number of hydrogen-bond acceptors (Lipinski definition) is 4. The monoisotopic (exact) mass is 214 g/mol. The average Bonchev–Trinajstić information content (AvgIpc) is 2.59. The maximum Gasteiger partial charge on any atom is 0.149 e. The molecule has 5 heteroatoms. The Bertz CT molecular complexity index is 261. The van der Waals surface area contributed by atoms with Crippen molar-refractivity contribution in [2.45, 2.75) is 19.9 Å². The molecule has 1 heterocycles. The molecule has 1 atom stereocenters. The van der Waals surface area contributed by atoms with Crippen LogP contribution in [-0.4, -0.2) is 32.8 Å². The van der Waals surface area contributed by atoms with Crippen LogP contribution in [0.4, 0.5) is 0 Å². The van der Waals surface area contributed by atoms with E-state index in [0.717, 1.165) is 18.1 Å². The molecule has 0 aliphatic heterocycles. The van der Waals surface area contributed by atoms with Crippen molar-refractivity contribution in [1.82, 2.24) is 20.1 Å². The van der Waals surface area contributed by atoms with E-state index < -0.39 is 0 Å². The van der Waals surface area contributed by atoms with Crippen LogP contribution in [0.3, 0.4) is 0 Å². The molecule has 0 aliphatic rings. The van der Waals surface area contributed by atoms with Crippen LogP contribution in [0.25, 0.3) is 0 Å². The average molecular weight is 214 g/mol. The van der Waals surface area contributed by atoms with E-state index in [1.165, 1.54) is 5.75 Å². The molecule has 0 aromatic carbocycles. The van der Waals surface area contributed by atoms with Crippen LogP contribution in [0.2, 0.25) is 0 Å². The third kappa shape index (κ3) is 3.31. The minimum Gasteiger partial charge on any atom is -0.319 e. The van der Waals surface area contributed by atoms with Gasteiger partial charge in [0.1, 0.15) is 12.2 Å². The summed E-state index contributed by atoms with van der Waals surface area (Å²) in [5, 5.41) is 11.3. The first-order chi connectivity index (χ1) is 6.75. The van der Waals surface area contributed by atoms with Crippen molar-refractivity contribution in [3.8, 4) is 0 Å². The highest BCUT2D eigenvalue weighted by molar-refractivity contribution is 7.99. The van der Waals surface area contributed by atoms with Gasteiger partial charge >= 0.3 is 0 Å². The van der Waals surface area contributed by atoms with Crippen molar-refractivity contribution in [3.63, 3.8) is 0 Å². The predicted molar refractivity (Wildman–Crippen MR) is 60.4 cm³/mol.